The van der Waals surface area contributed by atoms with Gasteiger partial charge in [-0.05, 0) is 66.6 Å². The Kier molecular flexibility index (Phi) is 8.74. The van der Waals surface area contributed by atoms with E-state index in [0.29, 0.717) is 22.0 Å². The molecule has 7 nitrogen and oxygen atoms in total. The minimum absolute atomic E-state index is 0.145. The van der Waals surface area contributed by atoms with Crippen molar-refractivity contribution in [3.8, 4) is 17.6 Å². The van der Waals surface area contributed by atoms with E-state index < -0.39 is 5.91 Å². The first-order valence-corrected chi connectivity index (χ1v) is 11.1. The monoisotopic (exact) mass is 509 g/mol. The number of hydrogen-bond acceptors (Lipinski definition) is 5. The smallest absolute Gasteiger partial charge is 0.266 e. The molecule has 9 heteroatoms. The van der Waals surface area contributed by atoms with Crippen molar-refractivity contribution in [1.82, 2.24) is 0 Å². The molecule has 0 aromatic heterocycles. The summed E-state index contributed by atoms with van der Waals surface area (Å²) in [6.07, 6.45) is 1.36. The summed E-state index contributed by atoms with van der Waals surface area (Å²) in [5.41, 5.74) is 2.38. The summed E-state index contributed by atoms with van der Waals surface area (Å²) < 4.78 is 10.9. The molecule has 2 N–H and O–H groups in total. The Labute approximate surface area is 212 Å². The largest absolute Gasteiger partial charge is 0.493 e. The van der Waals surface area contributed by atoms with Crippen LogP contribution in [0.1, 0.15) is 11.1 Å². The molecule has 0 unspecified atom stereocenters. The zero-order valence-corrected chi connectivity index (χ0v) is 20.4. The second-order valence-corrected chi connectivity index (χ2v) is 8.22. The summed E-state index contributed by atoms with van der Waals surface area (Å²) in [4.78, 5) is 24.8. The molecule has 3 aromatic rings. The average molecular weight is 510 g/mol. The molecule has 0 heterocycles. The number of nitrogens with zero attached hydrogens (tertiary/aromatic N) is 1. The van der Waals surface area contributed by atoms with Crippen LogP contribution in [0.5, 0.6) is 11.5 Å². The molecule has 0 spiro atoms. The SMILES string of the molecule is COc1cc(/C=C(\C#N)C(=O)Nc2cccc(Cl)c2)cc(Cl)c1OCC(=O)Nc1cccc(C)c1. The summed E-state index contributed by atoms with van der Waals surface area (Å²) in [7, 11) is 1.41. The van der Waals surface area contributed by atoms with E-state index in [-0.39, 0.29) is 34.6 Å². The number of carbonyl (C=O) groups excluding carboxylic acids is 2. The molecule has 35 heavy (non-hydrogen) atoms. The Hall–Kier alpha value is -3.99. The molecule has 0 bridgehead atoms. The molecule has 0 saturated carbocycles. The van der Waals surface area contributed by atoms with E-state index in [9.17, 15) is 14.9 Å². The lowest BCUT2D eigenvalue weighted by Crippen LogP contribution is -2.20. The number of benzene rings is 3. The number of hydrogen-bond donors (Lipinski definition) is 2. The zero-order valence-electron chi connectivity index (χ0n) is 18.9. The van der Waals surface area contributed by atoms with E-state index in [1.165, 1.54) is 19.3 Å². The first kappa shape index (κ1) is 25.6. The van der Waals surface area contributed by atoms with Crippen LogP contribution in [-0.2, 0) is 9.59 Å². The molecule has 178 valence electrons. The molecular formula is C26H21Cl2N3O4. The molecular weight excluding hydrogens is 489 g/mol. The molecule has 2 amide bonds. The number of anilines is 2. The van der Waals surface area contributed by atoms with Crippen LogP contribution in [-0.4, -0.2) is 25.5 Å². The Morgan fingerprint density at radius 3 is 2.40 bits per heavy atom. The second-order valence-electron chi connectivity index (χ2n) is 7.37. The minimum Gasteiger partial charge on any atom is -0.493 e. The first-order valence-electron chi connectivity index (χ1n) is 10.3. The lowest BCUT2D eigenvalue weighted by Gasteiger charge is -2.14. The standard InChI is InChI=1S/C26H21Cl2N3O4/c1-16-5-3-7-20(9-16)30-24(32)15-35-25-22(28)11-17(12-23(25)34-2)10-18(14-29)26(33)31-21-8-4-6-19(27)13-21/h3-13H,15H2,1-2H3,(H,30,32)(H,31,33)/b18-10+. The van der Waals surface area contributed by atoms with Crippen molar-refractivity contribution in [2.45, 2.75) is 6.92 Å². The van der Waals surface area contributed by atoms with Gasteiger partial charge in [-0.15, -0.1) is 0 Å². The quantitative estimate of drug-likeness (QED) is 0.292. The highest BCUT2D eigenvalue weighted by atomic mass is 35.5. The summed E-state index contributed by atoms with van der Waals surface area (Å²) in [5.74, 6) is -0.590. The summed E-state index contributed by atoms with van der Waals surface area (Å²) in [5, 5.41) is 15.4. The Balaban J connectivity index is 1.74. The molecule has 0 saturated heterocycles. The number of carbonyl (C=O) groups is 2. The maximum atomic E-state index is 12.5. The van der Waals surface area contributed by atoms with Gasteiger partial charge in [0.2, 0.25) is 0 Å². The van der Waals surface area contributed by atoms with Gasteiger partial charge in [0.15, 0.2) is 18.1 Å². The van der Waals surface area contributed by atoms with Gasteiger partial charge in [-0.1, -0.05) is 41.4 Å². The molecule has 0 atom stereocenters. The van der Waals surface area contributed by atoms with Crippen molar-refractivity contribution in [3.05, 3.63) is 87.4 Å². The lowest BCUT2D eigenvalue weighted by molar-refractivity contribution is -0.118. The van der Waals surface area contributed by atoms with Crippen molar-refractivity contribution in [2.75, 3.05) is 24.4 Å². The van der Waals surface area contributed by atoms with Crippen LogP contribution in [0.15, 0.2) is 66.2 Å². The maximum absolute atomic E-state index is 12.5. The number of aryl methyl sites for hydroxylation is 1. The second kappa shape index (κ2) is 11.9. The predicted octanol–water partition coefficient (Wildman–Crippen LogP) is 5.87. The fourth-order valence-electron chi connectivity index (χ4n) is 3.10. The Bertz CT molecular complexity index is 1330. The van der Waals surface area contributed by atoms with Gasteiger partial charge >= 0.3 is 0 Å². The fraction of sp³-hybridized carbons (Fsp3) is 0.115. The van der Waals surface area contributed by atoms with E-state index in [1.807, 2.05) is 31.2 Å². The third-order valence-electron chi connectivity index (χ3n) is 4.66. The number of amides is 2. The molecule has 0 aliphatic heterocycles. The van der Waals surface area contributed by atoms with E-state index >= 15 is 0 Å². The summed E-state index contributed by atoms with van der Waals surface area (Å²) in [6, 6.07) is 18.9. The maximum Gasteiger partial charge on any atom is 0.266 e. The highest BCUT2D eigenvalue weighted by molar-refractivity contribution is 6.32. The van der Waals surface area contributed by atoms with Crippen LogP contribution in [0.3, 0.4) is 0 Å². The van der Waals surface area contributed by atoms with Crippen molar-refractivity contribution >= 4 is 52.5 Å². The molecule has 3 aromatic carbocycles. The van der Waals surface area contributed by atoms with Crippen LogP contribution < -0.4 is 20.1 Å². The summed E-state index contributed by atoms with van der Waals surface area (Å²) >= 11 is 12.3. The van der Waals surface area contributed by atoms with Crippen LogP contribution >= 0.6 is 23.2 Å². The van der Waals surface area contributed by atoms with Gasteiger partial charge in [0, 0.05) is 16.4 Å². The predicted molar refractivity (Wildman–Crippen MR) is 137 cm³/mol. The molecule has 0 fully saturated rings. The average Bonchev–Trinajstić information content (AvgIpc) is 2.81. The highest BCUT2D eigenvalue weighted by Crippen LogP contribution is 2.37. The zero-order chi connectivity index (χ0) is 25.4. The van der Waals surface area contributed by atoms with Gasteiger partial charge in [0.05, 0.1) is 12.1 Å². The molecule has 0 aliphatic carbocycles. The number of rotatable bonds is 8. The Morgan fingerprint density at radius 2 is 1.74 bits per heavy atom. The van der Waals surface area contributed by atoms with Gasteiger partial charge in [-0.3, -0.25) is 9.59 Å². The van der Waals surface area contributed by atoms with Crippen LogP contribution in [0.25, 0.3) is 6.08 Å². The number of halogens is 2. The van der Waals surface area contributed by atoms with Crippen LogP contribution in [0, 0.1) is 18.3 Å². The third kappa shape index (κ3) is 7.24. The van der Waals surface area contributed by atoms with Gasteiger partial charge in [0.25, 0.3) is 11.8 Å². The minimum atomic E-state index is -0.613. The van der Waals surface area contributed by atoms with Crippen molar-refractivity contribution in [3.63, 3.8) is 0 Å². The van der Waals surface area contributed by atoms with E-state index in [0.717, 1.165) is 5.56 Å². The highest BCUT2D eigenvalue weighted by Gasteiger charge is 2.16. The number of ether oxygens (including phenoxy) is 2. The summed E-state index contributed by atoms with van der Waals surface area (Å²) in [6.45, 7) is 1.62. The number of methoxy groups -OCH3 is 1. The molecule has 0 radical (unpaired) electrons. The molecule has 0 aliphatic rings. The van der Waals surface area contributed by atoms with Gasteiger partial charge < -0.3 is 20.1 Å². The first-order chi connectivity index (χ1) is 16.8. The van der Waals surface area contributed by atoms with Crippen molar-refractivity contribution in [1.29, 1.82) is 5.26 Å². The van der Waals surface area contributed by atoms with Crippen molar-refractivity contribution in [2.24, 2.45) is 0 Å². The van der Waals surface area contributed by atoms with Crippen LogP contribution in [0.4, 0.5) is 11.4 Å². The van der Waals surface area contributed by atoms with E-state index in [1.54, 1.807) is 36.4 Å². The lowest BCUT2D eigenvalue weighted by atomic mass is 10.1. The van der Waals surface area contributed by atoms with E-state index in [4.69, 9.17) is 32.7 Å². The van der Waals surface area contributed by atoms with Crippen LogP contribution in [0.2, 0.25) is 10.0 Å². The topological polar surface area (TPSA) is 100 Å². The van der Waals surface area contributed by atoms with Gasteiger partial charge in [-0.2, -0.15) is 5.26 Å². The van der Waals surface area contributed by atoms with Crippen molar-refractivity contribution < 1.29 is 19.1 Å². The van der Waals surface area contributed by atoms with E-state index in [2.05, 4.69) is 10.6 Å². The number of nitrogens with one attached hydrogen (secondary N) is 2. The fourth-order valence-corrected chi connectivity index (χ4v) is 3.56. The number of nitriles is 1. The third-order valence-corrected chi connectivity index (χ3v) is 5.18. The van der Waals surface area contributed by atoms with Gasteiger partial charge in [0.1, 0.15) is 11.6 Å². The Morgan fingerprint density at radius 1 is 1.03 bits per heavy atom. The van der Waals surface area contributed by atoms with Gasteiger partial charge in [-0.25, -0.2) is 0 Å². The normalized spacial score (nSPS) is 10.8. The molecule has 3 rings (SSSR count).